The number of unbranched alkanes of at least 4 members (excludes halogenated alkanes) is 3. The lowest BCUT2D eigenvalue weighted by Gasteiger charge is -2.27. The van der Waals surface area contributed by atoms with Gasteiger partial charge in [-0.2, -0.15) is 0 Å². The van der Waals surface area contributed by atoms with Gasteiger partial charge in [0.2, 0.25) is 0 Å². The van der Waals surface area contributed by atoms with Gasteiger partial charge in [-0.1, -0.05) is 39.2 Å². The highest BCUT2D eigenvalue weighted by molar-refractivity contribution is 6.73. The van der Waals surface area contributed by atoms with Crippen LogP contribution >= 0.6 is 0 Å². The van der Waals surface area contributed by atoms with E-state index in [2.05, 4.69) is 13.8 Å². The largest absolute Gasteiger partial charge is 0.420 e. The lowest BCUT2D eigenvalue weighted by Crippen LogP contribution is -2.34. The van der Waals surface area contributed by atoms with Gasteiger partial charge in [0.25, 0.3) is 0 Å². The lowest BCUT2D eigenvalue weighted by molar-refractivity contribution is 0.389. The summed E-state index contributed by atoms with van der Waals surface area (Å²) in [6.07, 6.45) is 5.42. The Hall–Kier alpha value is -0.743. The molecule has 21 heavy (non-hydrogen) atoms. The predicted molar refractivity (Wildman–Crippen MR) is 87.1 cm³/mol. The van der Waals surface area contributed by atoms with Crippen molar-refractivity contribution in [1.82, 2.24) is 0 Å². The molecule has 1 aromatic carbocycles. The SMILES string of the molecule is CC[Si](CC)(CCCCCCc1ccc(F)c(F)c1)OC. The van der Waals surface area contributed by atoms with Crippen LogP contribution in [0.5, 0.6) is 0 Å². The number of benzene rings is 1. The molecule has 0 fully saturated rings. The topological polar surface area (TPSA) is 9.23 Å². The summed E-state index contributed by atoms with van der Waals surface area (Å²) in [5, 5.41) is 0. The summed E-state index contributed by atoms with van der Waals surface area (Å²) >= 11 is 0. The van der Waals surface area contributed by atoms with Crippen molar-refractivity contribution in [1.29, 1.82) is 0 Å². The van der Waals surface area contributed by atoms with Crippen LogP contribution in [0.4, 0.5) is 8.78 Å². The highest BCUT2D eigenvalue weighted by Gasteiger charge is 2.28. The van der Waals surface area contributed by atoms with Gasteiger partial charge in [-0.25, -0.2) is 8.78 Å². The summed E-state index contributed by atoms with van der Waals surface area (Å²) in [6, 6.07) is 7.82. The van der Waals surface area contributed by atoms with Crippen molar-refractivity contribution in [2.75, 3.05) is 7.11 Å². The van der Waals surface area contributed by atoms with Crippen LogP contribution in [0.15, 0.2) is 18.2 Å². The third kappa shape index (κ3) is 5.87. The van der Waals surface area contributed by atoms with Crippen molar-refractivity contribution in [2.24, 2.45) is 0 Å². The molecular formula is C17H28F2OSi. The third-order valence-corrected chi connectivity index (χ3v) is 9.26. The van der Waals surface area contributed by atoms with E-state index < -0.39 is 20.0 Å². The monoisotopic (exact) mass is 314 g/mol. The number of hydrogen-bond donors (Lipinski definition) is 0. The molecule has 0 amide bonds. The van der Waals surface area contributed by atoms with E-state index in [1.165, 1.54) is 43.1 Å². The molecule has 0 aromatic heterocycles. The lowest BCUT2D eigenvalue weighted by atomic mass is 10.1. The Morgan fingerprint density at radius 1 is 0.952 bits per heavy atom. The molecule has 0 bridgehead atoms. The van der Waals surface area contributed by atoms with Crippen LogP contribution in [-0.2, 0) is 10.8 Å². The molecule has 0 atom stereocenters. The summed E-state index contributed by atoms with van der Waals surface area (Å²) in [5.74, 6) is -1.51. The van der Waals surface area contributed by atoms with E-state index in [0.29, 0.717) is 0 Å². The second-order valence-corrected chi connectivity index (χ2v) is 10.4. The molecule has 0 spiro atoms. The molecule has 0 aliphatic heterocycles. The quantitative estimate of drug-likeness (QED) is 0.397. The second-order valence-electron chi connectivity index (χ2n) is 5.76. The van der Waals surface area contributed by atoms with Gasteiger partial charge in [-0.15, -0.1) is 0 Å². The molecule has 0 aliphatic carbocycles. The summed E-state index contributed by atoms with van der Waals surface area (Å²) in [4.78, 5) is 0. The average Bonchev–Trinajstić information content (AvgIpc) is 2.51. The highest BCUT2D eigenvalue weighted by atomic mass is 28.4. The Morgan fingerprint density at radius 2 is 1.62 bits per heavy atom. The fraction of sp³-hybridized carbons (Fsp3) is 0.647. The third-order valence-electron chi connectivity index (χ3n) is 4.55. The van der Waals surface area contributed by atoms with Crippen LogP contribution in [0, 0.1) is 11.6 Å². The molecule has 1 aromatic rings. The average molecular weight is 314 g/mol. The Labute approximate surface area is 128 Å². The van der Waals surface area contributed by atoms with Gasteiger partial charge in [0, 0.05) is 7.11 Å². The molecule has 0 heterocycles. The molecule has 120 valence electrons. The first-order valence-corrected chi connectivity index (χ1v) is 10.6. The van der Waals surface area contributed by atoms with Crippen LogP contribution in [0.1, 0.15) is 45.1 Å². The van der Waals surface area contributed by atoms with Gasteiger partial charge in [0.05, 0.1) is 0 Å². The summed E-state index contributed by atoms with van der Waals surface area (Å²) in [5.41, 5.74) is 0.886. The molecule has 0 aliphatic rings. The summed E-state index contributed by atoms with van der Waals surface area (Å²) < 4.78 is 31.7. The van der Waals surface area contributed by atoms with Crippen molar-refractivity contribution in [3.8, 4) is 0 Å². The van der Waals surface area contributed by atoms with Gasteiger partial charge < -0.3 is 4.43 Å². The van der Waals surface area contributed by atoms with Crippen LogP contribution in [0.3, 0.4) is 0 Å². The zero-order chi connectivity index (χ0) is 15.7. The van der Waals surface area contributed by atoms with Crippen LogP contribution in [-0.4, -0.2) is 15.4 Å². The van der Waals surface area contributed by atoms with Gasteiger partial charge in [-0.3, -0.25) is 0 Å². The van der Waals surface area contributed by atoms with Crippen LogP contribution in [0.25, 0.3) is 0 Å². The van der Waals surface area contributed by atoms with E-state index in [1.807, 2.05) is 7.11 Å². The van der Waals surface area contributed by atoms with E-state index in [4.69, 9.17) is 4.43 Å². The van der Waals surface area contributed by atoms with Crippen molar-refractivity contribution >= 4 is 8.32 Å². The van der Waals surface area contributed by atoms with E-state index >= 15 is 0 Å². The molecule has 0 N–H and O–H groups in total. The van der Waals surface area contributed by atoms with Crippen molar-refractivity contribution in [2.45, 2.75) is 64.1 Å². The Balaban J connectivity index is 2.21. The summed E-state index contributed by atoms with van der Waals surface area (Å²) in [6.45, 7) is 4.48. The fourth-order valence-electron chi connectivity index (χ4n) is 2.82. The molecule has 0 saturated heterocycles. The number of aryl methyl sites for hydroxylation is 1. The maximum atomic E-state index is 13.1. The minimum Gasteiger partial charge on any atom is -0.420 e. The van der Waals surface area contributed by atoms with E-state index in [9.17, 15) is 8.78 Å². The Morgan fingerprint density at radius 3 is 2.19 bits per heavy atom. The Kier molecular flexibility index (Phi) is 8.12. The van der Waals surface area contributed by atoms with Gasteiger partial charge >= 0.3 is 0 Å². The second kappa shape index (κ2) is 9.31. The van der Waals surface area contributed by atoms with E-state index in [0.717, 1.165) is 24.8 Å². The first-order chi connectivity index (χ1) is 10.1. The fourth-order valence-corrected chi connectivity index (χ4v) is 5.70. The molecular weight excluding hydrogens is 286 g/mol. The van der Waals surface area contributed by atoms with E-state index in [-0.39, 0.29) is 0 Å². The standard InChI is InChI=1S/C17H28F2OSi/c1-4-21(5-2,20-3)13-9-7-6-8-10-15-11-12-16(18)17(19)14-15/h11-12,14H,4-10,13H2,1-3H3. The highest BCUT2D eigenvalue weighted by Crippen LogP contribution is 2.24. The number of hydrogen-bond acceptors (Lipinski definition) is 1. The predicted octanol–water partition coefficient (Wildman–Crippen LogP) is 5.70. The number of rotatable bonds is 10. The number of halogens is 2. The van der Waals surface area contributed by atoms with Crippen LogP contribution in [0.2, 0.25) is 18.1 Å². The molecule has 1 rings (SSSR count). The minimum atomic E-state index is -1.45. The smallest absolute Gasteiger partial charge is 0.191 e. The Bertz CT molecular complexity index is 411. The molecule has 0 radical (unpaired) electrons. The molecule has 0 saturated carbocycles. The maximum Gasteiger partial charge on any atom is 0.191 e. The summed E-state index contributed by atoms with van der Waals surface area (Å²) in [7, 11) is 0.417. The maximum absolute atomic E-state index is 13.1. The van der Waals surface area contributed by atoms with Crippen LogP contribution < -0.4 is 0 Å². The zero-order valence-corrected chi connectivity index (χ0v) is 14.6. The zero-order valence-electron chi connectivity index (χ0n) is 13.6. The molecule has 0 unspecified atom stereocenters. The van der Waals surface area contributed by atoms with Crippen molar-refractivity contribution < 1.29 is 13.2 Å². The molecule has 1 nitrogen and oxygen atoms in total. The minimum absolute atomic E-state index is 0.741. The van der Waals surface area contributed by atoms with Crippen molar-refractivity contribution in [3.05, 3.63) is 35.4 Å². The van der Waals surface area contributed by atoms with Gasteiger partial charge in [0.15, 0.2) is 20.0 Å². The first-order valence-electron chi connectivity index (χ1n) is 8.06. The van der Waals surface area contributed by atoms with Crippen molar-refractivity contribution in [3.63, 3.8) is 0 Å². The van der Waals surface area contributed by atoms with E-state index in [1.54, 1.807) is 6.07 Å². The first kappa shape index (κ1) is 18.3. The molecule has 4 heteroatoms. The normalized spacial score (nSPS) is 11.9. The van der Waals surface area contributed by atoms with Gasteiger partial charge in [-0.05, 0) is 48.7 Å². The van der Waals surface area contributed by atoms with Gasteiger partial charge in [0.1, 0.15) is 0 Å².